The zero-order chi connectivity index (χ0) is 10.4. The monoisotopic (exact) mass is 211 g/mol. The Balaban J connectivity index is 2.90. The maximum Gasteiger partial charge on any atom is 0.132 e. The van der Waals surface area contributed by atoms with E-state index in [1.807, 2.05) is 12.1 Å². The maximum atomic E-state index is 5.50. The molecule has 1 aromatic carbocycles. The average Bonchev–Trinajstić information content (AvgIpc) is 2.25. The van der Waals surface area contributed by atoms with E-state index >= 15 is 0 Å². The highest BCUT2D eigenvalue weighted by molar-refractivity contribution is 7.98. The fourth-order valence-electron chi connectivity index (χ4n) is 1.44. The highest BCUT2D eigenvalue weighted by Gasteiger charge is 2.06. The van der Waals surface area contributed by atoms with E-state index in [1.165, 1.54) is 10.5 Å². The molecule has 1 rings (SSSR count). The molecule has 0 saturated heterocycles. The zero-order valence-electron chi connectivity index (χ0n) is 8.75. The Bertz CT molecular complexity index is 289. The van der Waals surface area contributed by atoms with Gasteiger partial charge in [0.25, 0.3) is 0 Å². The van der Waals surface area contributed by atoms with Gasteiger partial charge in [-0.05, 0) is 37.3 Å². The standard InChI is InChI=1S/C11H17NOS/c1-13-10-7-3-5-9(6-4-8-12)11(10)14-2/h3,5,7H,4,6,8,12H2,1-2H3. The fraction of sp³-hybridized carbons (Fsp3) is 0.455. The molecule has 0 spiro atoms. The van der Waals surface area contributed by atoms with E-state index in [4.69, 9.17) is 10.5 Å². The van der Waals surface area contributed by atoms with Crippen LogP contribution in [0.2, 0.25) is 0 Å². The van der Waals surface area contributed by atoms with Crippen LogP contribution in [0, 0.1) is 0 Å². The molecule has 0 saturated carbocycles. The van der Waals surface area contributed by atoms with Gasteiger partial charge in [0.1, 0.15) is 5.75 Å². The lowest BCUT2D eigenvalue weighted by Gasteiger charge is -2.11. The molecule has 0 fully saturated rings. The second-order valence-corrected chi connectivity index (χ2v) is 3.86. The van der Waals surface area contributed by atoms with Gasteiger partial charge in [-0.3, -0.25) is 0 Å². The van der Waals surface area contributed by atoms with Gasteiger partial charge < -0.3 is 10.5 Å². The summed E-state index contributed by atoms with van der Waals surface area (Å²) in [7, 11) is 1.71. The molecule has 78 valence electrons. The first-order chi connectivity index (χ1) is 6.83. The summed E-state index contributed by atoms with van der Waals surface area (Å²) in [4.78, 5) is 1.24. The van der Waals surface area contributed by atoms with Crippen molar-refractivity contribution in [2.75, 3.05) is 19.9 Å². The van der Waals surface area contributed by atoms with Gasteiger partial charge in [0.15, 0.2) is 0 Å². The Morgan fingerprint density at radius 2 is 2.21 bits per heavy atom. The summed E-state index contributed by atoms with van der Waals surface area (Å²) in [6.07, 6.45) is 4.13. The van der Waals surface area contributed by atoms with Crippen molar-refractivity contribution in [3.05, 3.63) is 23.8 Å². The molecule has 0 unspecified atom stereocenters. The molecule has 0 aliphatic carbocycles. The Hall–Kier alpha value is -0.670. The number of rotatable bonds is 5. The Labute approximate surface area is 89.8 Å². The number of thioether (sulfide) groups is 1. The van der Waals surface area contributed by atoms with Gasteiger partial charge in [0, 0.05) is 0 Å². The van der Waals surface area contributed by atoms with Crippen LogP contribution in [-0.2, 0) is 6.42 Å². The van der Waals surface area contributed by atoms with Crippen molar-refractivity contribution in [3.63, 3.8) is 0 Å². The molecule has 0 aliphatic rings. The van der Waals surface area contributed by atoms with Crippen LogP contribution in [0.15, 0.2) is 23.1 Å². The molecule has 14 heavy (non-hydrogen) atoms. The van der Waals surface area contributed by atoms with Crippen LogP contribution >= 0.6 is 11.8 Å². The van der Waals surface area contributed by atoms with Crippen molar-refractivity contribution in [1.29, 1.82) is 0 Å². The van der Waals surface area contributed by atoms with Crippen LogP contribution in [0.5, 0.6) is 5.75 Å². The fourth-order valence-corrected chi connectivity index (χ4v) is 2.23. The maximum absolute atomic E-state index is 5.50. The zero-order valence-corrected chi connectivity index (χ0v) is 9.56. The number of hydrogen-bond acceptors (Lipinski definition) is 3. The van der Waals surface area contributed by atoms with Gasteiger partial charge >= 0.3 is 0 Å². The Morgan fingerprint density at radius 3 is 2.79 bits per heavy atom. The molecule has 0 atom stereocenters. The number of ether oxygens (including phenoxy) is 1. The van der Waals surface area contributed by atoms with Crippen LogP contribution in [0.25, 0.3) is 0 Å². The molecule has 0 bridgehead atoms. The third-order valence-corrected chi connectivity index (χ3v) is 3.01. The smallest absolute Gasteiger partial charge is 0.132 e. The third-order valence-electron chi connectivity index (χ3n) is 2.13. The molecular formula is C11H17NOS. The minimum Gasteiger partial charge on any atom is -0.496 e. The second-order valence-electron chi connectivity index (χ2n) is 3.04. The van der Waals surface area contributed by atoms with E-state index in [-0.39, 0.29) is 0 Å². The van der Waals surface area contributed by atoms with E-state index in [2.05, 4.69) is 12.3 Å². The summed E-state index contributed by atoms with van der Waals surface area (Å²) < 4.78 is 5.30. The molecule has 0 radical (unpaired) electrons. The normalized spacial score (nSPS) is 10.2. The first-order valence-corrected chi connectivity index (χ1v) is 5.96. The van der Waals surface area contributed by atoms with Gasteiger partial charge in [-0.1, -0.05) is 12.1 Å². The molecular weight excluding hydrogens is 194 g/mol. The van der Waals surface area contributed by atoms with Crippen LogP contribution in [0.1, 0.15) is 12.0 Å². The summed E-state index contributed by atoms with van der Waals surface area (Å²) in [5, 5.41) is 0. The molecule has 0 amide bonds. The highest BCUT2D eigenvalue weighted by atomic mass is 32.2. The Morgan fingerprint density at radius 1 is 1.43 bits per heavy atom. The minimum atomic E-state index is 0.741. The van der Waals surface area contributed by atoms with Crippen molar-refractivity contribution in [2.24, 2.45) is 5.73 Å². The van der Waals surface area contributed by atoms with E-state index in [0.29, 0.717) is 0 Å². The predicted octanol–water partition coefficient (Wildman–Crippen LogP) is 2.31. The topological polar surface area (TPSA) is 35.2 Å². The molecule has 3 heteroatoms. The molecule has 0 aliphatic heterocycles. The SMILES string of the molecule is COc1cccc(CCCN)c1SC. The highest BCUT2D eigenvalue weighted by Crippen LogP contribution is 2.31. The summed E-state index contributed by atoms with van der Waals surface area (Å²) in [5.41, 5.74) is 6.84. The lowest BCUT2D eigenvalue weighted by Crippen LogP contribution is -2.01. The van der Waals surface area contributed by atoms with Crippen molar-refractivity contribution < 1.29 is 4.74 Å². The number of hydrogen-bond donors (Lipinski definition) is 1. The van der Waals surface area contributed by atoms with Gasteiger partial charge in [-0.15, -0.1) is 11.8 Å². The molecule has 2 nitrogen and oxygen atoms in total. The first-order valence-electron chi connectivity index (χ1n) is 4.73. The quantitative estimate of drug-likeness (QED) is 0.759. The molecule has 1 aromatic rings. The van der Waals surface area contributed by atoms with E-state index in [1.54, 1.807) is 18.9 Å². The van der Waals surface area contributed by atoms with Gasteiger partial charge in [-0.25, -0.2) is 0 Å². The minimum absolute atomic E-state index is 0.741. The number of aryl methyl sites for hydroxylation is 1. The molecule has 0 heterocycles. The van der Waals surface area contributed by atoms with Crippen LogP contribution in [0.3, 0.4) is 0 Å². The first kappa shape index (κ1) is 11.4. The number of nitrogens with two attached hydrogens (primary N) is 1. The van der Waals surface area contributed by atoms with Crippen molar-refractivity contribution in [1.82, 2.24) is 0 Å². The van der Waals surface area contributed by atoms with Crippen LogP contribution in [-0.4, -0.2) is 19.9 Å². The summed E-state index contributed by atoms with van der Waals surface area (Å²) in [6, 6.07) is 6.17. The molecule has 0 aromatic heterocycles. The van der Waals surface area contributed by atoms with Gasteiger partial charge in [0.05, 0.1) is 12.0 Å². The van der Waals surface area contributed by atoms with Crippen molar-refractivity contribution >= 4 is 11.8 Å². The average molecular weight is 211 g/mol. The van der Waals surface area contributed by atoms with Crippen molar-refractivity contribution in [3.8, 4) is 5.75 Å². The van der Waals surface area contributed by atoms with Gasteiger partial charge in [0.2, 0.25) is 0 Å². The van der Waals surface area contributed by atoms with Crippen LogP contribution in [0.4, 0.5) is 0 Å². The van der Waals surface area contributed by atoms with E-state index in [0.717, 1.165) is 25.1 Å². The number of benzene rings is 1. The van der Waals surface area contributed by atoms with Gasteiger partial charge in [-0.2, -0.15) is 0 Å². The lowest BCUT2D eigenvalue weighted by atomic mass is 10.1. The van der Waals surface area contributed by atoms with E-state index < -0.39 is 0 Å². The lowest BCUT2D eigenvalue weighted by molar-refractivity contribution is 0.403. The Kier molecular flexibility index (Phi) is 4.84. The molecule has 2 N–H and O–H groups in total. The van der Waals surface area contributed by atoms with Crippen molar-refractivity contribution in [2.45, 2.75) is 17.7 Å². The largest absolute Gasteiger partial charge is 0.496 e. The third kappa shape index (κ3) is 2.66. The summed E-state index contributed by atoms with van der Waals surface area (Å²) >= 11 is 1.73. The summed E-state index contributed by atoms with van der Waals surface area (Å²) in [6.45, 7) is 0.741. The number of methoxy groups -OCH3 is 1. The van der Waals surface area contributed by atoms with E-state index in [9.17, 15) is 0 Å². The summed E-state index contributed by atoms with van der Waals surface area (Å²) in [5.74, 6) is 0.965. The van der Waals surface area contributed by atoms with Crippen LogP contribution < -0.4 is 10.5 Å². The second kappa shape index (κ2) is 5.94. The predicted molar refractivity (Wildman–Crippen MR) is 62.2 cm³/mol.